The number of nitrogens with one attached hydrogen (secondary N) is 1. The Labute approximate surface area is 98.7 Å². The zero-order chi connectivity index (χ0) is 12.8. The molecule has 0 aliphatic heterocycles. The molecule has 0 aromatic heterocycles. The lowest BCUT2D eigenvalue weighted by atomic mass is 10.2. The number of benzene rings is 1. The molecule has 0 saturated heterocycles. The summed E-state index contributed by atoms with van der Waals surface area (Å²) in [6.45, 7) is 2.45. The fraction of sp³-hybridized carbons (Fsp3) is 0.455. The molecule has 0 amide bonds. The van der Waals surface area contributed by atoms with Gasteiger partial charge in [0.15, 0.2) is 0 Å². The summed E-state index contributed by atoms with van der Waals surface area (Å²) in [5.74, 6) is -0.833. The number of methoxy groups -OCH3 is 1. The molecule has 0 aliphatic carbocycles. The summed E-state index contributed by atoms with van der Waals surface area (Å²) in [6, 6.07) is 3.79. The lowest BCUT2D eigenvalue weighted by Crippen LogP contribution is -2.23. The molecule has 0 aliphatic rings. The van der Waals surface area contributed by atoms with Crippen LogP contribution in [-0.4, -0.2) is 24.7 Å². The van der Waals surface area contributed by atoms with Crippen LogP contribution in [0.4, 0.5) is 15.8 Å². The molecule has 94 valence electrons. The van der Waals surface area contributed by atoms with Crippen molar-refractivity contribution in [3.63, 3.8) is 0 Å². The minimum Gasteiger partial charge on any atom is -0.383 e. The Morgan fingerprint density at radius 2 is 2.29 bits per heavy atom. The Hall–Kier alpha value is -1.69. The average Bonchev–Trinajstić information content (AvgIpc) is 2.30. The standard InChI is InChI=1S/C11H15FN2O3/c1-3-8(7-17-2)13-9-4-5-10(12)11(6-9)14(15)16/h4-6,8,13H,3,7H2,1-2H3. The SMILES string of the molecule is CCC(COC)Nc1ccc(F)c([N+](=O)[O-])c1. The van der Waals surface area contributed by atoms with Crippen LogP contribution < -0.4 is 5.32 Å². The zero-order valence-corrected chi connectivity index (χ0v) is 9.77. The lowest BCUT2D eigenvalue weighted by molar-refractivity contribution is -0.387. The van der Waals surface area contributed by atoms with Crippen LogP contribution in [0.2, 0.25) is 0 Å². The molecule has 0 fully saturated rings. The van der Waals surface area contributed by atoms with Gasteiger partial charge in [-0.3, -0.25) is 10.1 Å². The third-order valence-corrected chi connectivity index (χ3v) is 2.37. The van der Waals surface area contributed by atoms with Gasteiger partial charge in [0.1, 0.15) is 0 Å². The van der Waals surface area contributed by atoms with Gasteiger partial charge in [-0.05, 0) is 18.6 Å². The first-order valence-corrected chi connectivity index (χ1v) is 5.27. The van der Waals surface area contributed by atoms with Crippen LogP contribution >= 0.6 is 0 Å². The van der Waals surface area contributed by atoms with Crippen molar-refractivity contribution in [3.05, 3.63) is 34.1 Å². The Morgan fingerprint density at radius 3 is 2.82 bits per heavy atom. The van der Waals surface area contributed by atoms with Crippen molar-refractivity contribution in [2.24, 2.45) is 0 Å². The maximum Gasteiger partial charge on any atom is 0.306 e. The summed E-state index contributed by atoms with van der Waals surface area (Å²) < 4.78 is 18.1. The van der Waals surface area contributed by atoms with Gasteiger partial charge in [0.25, 0.3) is 0 Å². The van der Waals surface area contributed by atoms with Gasteiger partial charge in [-0.1, -0.05) is 6.92 Å². The number of halogens is 1. The van der Waals surface area contributed by atoms with E-state index >= 15 is 0 Å². The fourth-order valence-corrected chi connectivity index (χ4v) is 1.44. The number of nitrogens with zero attached hydrogens (tertiary/aromatic N) is 1. The van der Waals surface area contributed by atoms with Crippen LogP contribution in [0.15, 0.2) is 18.2 Å². The highest BCUT2D eigenvalue weighted by molar-refractivity contribution is 5.52. The molecular weight excluding hydrogens is 227 g/mol. The highest BCUT2D eigenvalue weighted by atomic mass is 19.1. The van der Waals surface area contributed by atoms with Crippen molar-refractivity contribution in [1.82, 2.24) is 0 Å². The van der Waals surface area contributed by atoms with Gasteiger partial charge < -0.3 is 10.1 Å². The van der Waals surface area contributed by atoms with Crippen molar-refractivity contribution in [2.75, 3.05) is 19.0 Å². The van der Waals surface area contributed by atoms with E-state index < -0.39 is 16.4 Å². The number of nitro groups is 1. The van der Waals surface area contributed by atoms with Gasteiger partial charge >= 0.3 is 5.69 Å². The second-order valence-corrected chi connectivity index (χ2v) is 3.63. The summed E-state index contributed by atoms with van der Waals surface area (Å²) in [4.78, 5) is 9.83. The predicted molar refractivity (Wildman–Crippen MR) is 62.6 cm³/mol. The molecule has 0 radical (unpaired) electrons. The lowest BCUT2D eigenvalue weighted by Gasteiger charge is -2.17. The Morgan fingerprint density at radius 1 is 1.59 bits per heavy atom. The zero-order valence-electron chi connectivity index (χ0n) is 9.77. The van der Waals surface area contributed by atoms with E-state index in [2.05, 4.69) is 5.32 Å². The highest BCUT2D eigenvalue weighted by Crippen LogP contribution is 2.22. The number of anilines is 1. The van der Waals surface area contributed by atoms with Gasteiger partial charge in [0.2, 0.25) is 5.82 Å². The molecule has 1 aromatic carbocycles. The monoisotopic (exact) mass is 242 g/mol. The molecule has 0 saturated carbocycles. The van der Waals surface area contributed by atoms with E-state index in [-0.39, 0.29) is 6.04 Å². The molecule has 0 spiro atoms. The topological polar surface area (TPSA) is 64.4 Å². The van der Waals surface area contributed by atoms with Gasteiger partial charge in [-0.25, -0.2) is 0 Å². The molecule has 1 N–H and O–H groups in total. The van der Waals surface area contributed by atoms with Crippen LogP contribution in [0.3, 0.4) is 0 Å². The van der Waals surface area contributed by atoms with E-state index in [1.165, 1.54) is 12.1 Å². The molecule has 0 bridgehead atoms. The molecule has 6 heteroatoms. The first-order valence-electron chi connectivity index (χ1n) is 5.27. The normalized spacial score (nSPS) is 12.2. The van der Waals surface area contributed by atoms with Crippen molar-refractivity contribution in [2.45, 2.75) is 19.4 Å². The van der Waals surface area contributed by atoms with Crippen LogP contribution in [0.25, 0.3) is 0 Å². The highest BCUT2D eigenvalue weighted by Gasteiger charge is 2.15. The van der Waals surface area contributed by atoms with Crippen LogP contribution in [0.5, 0.6) is 0 Å². The molecule has 0 heterocycles. The van der Waals surface area contributed by atoms with Crippen molar-refractivity contribution < 1.29 is 14.1 Å². The summed E-state index contributed by atoms with van der Waals surface area (Å²) in [6.07, 6.45) is 0.805. The minimum absolute atomic E-state index is 0.0464. The summed E-state index contributed by atoms with van der Waals surface area (Å²) in [7, 11) is 1.58. The van der Waals surface area contributed by atoms with Crippen LogP contribution in [0, 0.1) is 15.9 Å². The summed E-state index contributed by atoms with van der Waals surface area (Å²) in [5, 5.41) is 13.6. The molecule has 1 unspecified atom stereocenters. The molecular formula is C11H15FN2O3. The van der Waals surface area contributed by atoms with Gasteiger partial charge in [0.05, 0.1) is 11.5 Å². The maximum absolute atomic E-state index is 13.1. The second kappa shape index (κ2) is 6.15. The van der Waals surface area contributed by atoms with Gasteiger partial charge in [0, 0.05) is 24.9 Å². The van der Waals surface area contributed by atoms with E-state index in [1.807, 2.05) is 6.92 Å². The minimum atomic E-state index is -0.833. The van der Waals surface area contributed by atoms with Crippen molar-refractivity contribution >= 4 is 11.4 Å². The maximum atomic E-state index is 13.1. The third kappa shape index (κ3) is 3.67. The second-order valence-electron chi connectivity index (χ2n) is 3.63. The smallest absolute Gasteiger partial charge is 0.306 e. The fourth-order valence-electron chi connectivity index (χ4n) is 1.44. The molecule has 1 atom stereocenters. The number of rotatable bonds is 6. The van der Waals surface area contributed by atoms with E-state index in [0.29, 0.717) is 12.3 Å². The summed E-state index contributed by atoms with van der Waals surface area (Å²) in [5.41, 5.74) is -0.00994. The van der Waals surface area contributed by atoms with E-state index in [0.717, 1.165) is 12.5 Å². The molecule has 5 nitrogen and oxygen atoms in total. The Balaban J connectivity index is 2.84. The predicted octanol–water partition coefficient (Wildman–Crippen LogP) is 2.57. The van der Waals surface area contributed by atoms with Crippen LogP contribution in [0.1, 0.15) is 13.3 Å². The first-order chi connectivity index (χ1) is 8.08. The largest absolute Gasteiger partial charge is 0.383 e. The number of hydrogen-bond acceptors (Lipinski definition) is 4. The molecule has 1 rings (SSSR count). The number of nitro benzene ring substituents is 1. The number of hydrogen-bond donors (Lipinski definition) is 1. The molecule has 1 aromatic rings. The van der Waals surface area contributed by atoms with E-state index in [1.54, 1.807) is 7.11 Å². The summed E-state index contributed by atoms with van der Waals surface area (Å²) >= 11 is 0. The first kappa shape index (κ1) is 13.4. The average molecular weight is 242 g/mol. The van der Waals surface area contributed by atoms with Crippen LogP contribution in [-0.2, 0) is 4.74 Å². The Kier molecular flexibility index (Phi) is 4.84. The third-order valence-electron chi connectivity index (χ3n) is 2.37. The number of ether oxygens (including phenoxy) is 1. The van der Waals surface area contributed by atoms with Gasteiger partial charge in [-0.2, -0.15) is 4.39 Å². The quantitative estimate of drug-likeness (QED) is 0.615. The van der Waals surface area contributed by atoms with Gasteiger partial charge in [-0.15, -0.1) is 0 Å². The van der Waals surface area contributed by atoms with Crippen molar-refractivity contribution in [1.29, 1.82) is 0 Å². The van der Waals surface area contributed by atoms with E-state index in [9.17, 15) is 14.5 Å². The van der Waals surface area contributed by atoms with E-state index in [4.69, 9.17) is 4.74 Å². The van der Waals surface area contributed by atoms with Crippen molar-refractivity contribution in [3.8, 4) is 0 Å². The Bertz CT molecular complexity index is 398. The molecule has 17 heavy (non-hydrogen) atoms.